The quantitative estimate of drug-likeness (QED) is 0.857. The Morgan fingerprint density at radius 2 is 2.11 bits per heavy atom. The molecule has 4 nitrogen and oxygen atoms in total. The van der Waals surface area contributed by atoms with E-state index in [1.807, 2.05) is 13.8 Å². The highest BCUT2D eigenvalue weighted by atomic mass is 16.5. The summed E-state index contributed by atoms with van der Waals surface area (Å²) in [6, 6.07) is 0.593. The van der Waals surface area contributed by atoms with Crippen LogP contribution in [0, 0.1) is 6.92 Å². The molecule has 1 aromatic rings. The normalized spacial score (nSPS) is 17.1. The van der Waals surface area contributed by atoms with Gasteiger partial charge in [0, 0.05) is 18.8 Å². The largest absolute Gasteiger partial charge is 0.374 e. The van der Waals surface area contributed by atoms with Gasteiger partial charge in [-0.15, -0.1) is 0 Å². The van der Waals surface area contributed by atoms with Crippen LogP contribution in [0.15, 0.2) is 6.20 Å². The number of aryl methyl sites for hydroxylation is 1. The molecule has 2 rings (SSSR count). The standard InChI is InChI=1S/C15H27N3O/c1-5-19-15(3,4)11-18-10-12(2)16-14(18)17-13-8-6-7-9-13/h10,13H,5-9,11H2,1-4H3,(H,16,17). The molecule has 0 amide bonds. The smallest absolute Gasteiger partial charge is 0.203 e. The van der Waals surface area contributed by atoms with Crippen LogP contribution in [0.3, 0.4) is 0 Å². The summed E-state index contributed by atoms with van der Waals surface area (Å²) in [4.78, 5) is 4.61. The van der Waals surface area contributed by atoms with Crippen LogP contribution in [0.1, 0.15) is 52.1 Å². The van der Waals surface area contributed by atoms with Crippen LogP contribution in [0.2, 0.25) is 0 Å². The summed E-state index contributed by atoms with van der Waals surface area (Å²) in [5, 5.41) is 3.59. The van der Waals surface area contributed by atoms with Crippen LogP contribution < -0.4 is 5.32 Å². The number of anilines is 1. The van der Waals surface area contributed by atoms with Crippen molar-refractivity contribution in [1.82, 2.24) is 9.55 Å². The minimum atomic E-state index is -0.159. The molecule has 0 atom stereocenters. The molecule has 0 radical (unpaired) electrons. The van der Waals surface area contributed by atoms with E-state index in [4.69, 9.17) is 4.74 Å². The predicted octanol–water partition coefficient (Wildman–Crippen LogP) is 3.36. The van der Waals surface area contributed by atoms with Gasteiger partial charge in [-0.1, -0.05) is 12.8 Å². The average Bonchev–Trinajstić information content (AvgIpc) is 2.89. The maximum absolute atomic E-state index is 5.79. The molecule has 1 heterocycles. The van der Waals surface area contributed by atoms with Crippen molar-refractivity contribution in [3.8, 4) is 0 Å². The fourth-order valence-corrected chi connectivity index (χ4v) is 2.88. The second-order valence-electron chi connectivity index (χ2n) is 6.15. The Kier molecular flexibility index (Phi) is 4.50. The summed E-state index contributed by atoms with van der Waals surface area (Å²) in [6.07, 6.45) is 7.31. The molecule has 19 heavy (non-hydrogen) atoms. The first-order chi connectivity index (χ1) is 9.00. The maximum Gasteiger partial charge on any atom is 0.203 e. The van der Waals surface area contributed by atoms with Gasteiger partial charge < -0.3 is 14.6 Å². The Bertz CT molecular complexity index is 406. The number of aromatic nitrogens is 2. The average molecular weight is 265 g/mol. The first kappa shape index (κ1) is 14.4. The Balaban J connectivity index is 2.06. The van der Waals surface area contributed by atoms with Crippen molar-refractivity contribution in [3.63, 3.8) is 0 Å². The fraction of sp³-hybridized carbons (Fsp3) is 0.800. The minimum Gasteiger partial charge on any atom is -0.374 e. The zero-order chi connectivity index (χ0) is 13.9. The van der Waals surface area contributed by atoms with E-state index in [1.165, 1.54) is 25.7 Å². The van der Waals surface area contributed by atoms with Gasteiger partial charge in [-0.3, -0.25) is 0 Å². The molecule has 108 valence electrons. The van der Waals surface area contributed by atoms with Gasteiger partial charge in [0.2, 0.25) is 5.95 Å². The van der Waals surface area contributed by atoms with Crippen molar-refractivity contribution in [3.05, 3.63) is 11.9 Å². The van der Waals surface area contributed by atoms with Crippen molar-refractivity contribution in [2.24, 2.45) is 0 Å². The molecule has 0 bridgehead atoms. The van der Waals surface area contributed by atoms with E-state index >= 15 is 0 Å². The lowest BCUT2D eigenvalue weighted by Crippen LogP contribution is -2.31. The Hall–Kier alpha value is -1.03. The van der Waals surface area contributed by atoms with E-state index in [0.717, 1.165) is 24.8 Å². The minimum absolute atomic E-state index is 0.159. The molecule has 1 aliphatic rings. The fourth-order valence-electron chi connectivity index (χ4n) is 2.88. The first-order valence-electron chi connectivity index (χ1n) is 7.44. The topological polar surface area (TPSA) is 39.1 Å². The van der Waals surface area contributed by atoms with Gasteiger partial charge in [0.05, 0.1) is 17.8 Å². The second-order valence-corrected chi connectivity index (χ2v) is 6.15. The lowest BCUT2D eigenvalue weighted by atomic mass is 10.1. The molecule has 1 fully saturated rings. The third-order valence-corrected chi connectivity index (χ3v) is 3.67. The van der Waals surface area contributed by atoms with Crippen molar-refractivity contribution < 1.29 is 4.74 Å². The molecule has 0 unspecified atom stereocenters. The highest BCUT2D eigenvalue weighted by Crippen LogP contribution is 2.23. The number of imidazole rings is 1. The lowest BCUT2D eigenvalue weighted by Gasteiger charge is -2.26. The molecule has 0 spiro atoms. The summed E-state index contributed by atoms with van der Waals surface area (Å²) >= 11 is 0. The lowest BCUT2D eigenvalue weighted by molar-refractivity contribution is -0.0220. The molecular weight excluding hydrogens is 238 g/mol. The maximum atomic E-state index is 5.79. The van der Waals surface area contributed by atoms with E-state index in [2.05, 4.69) is 34.9 Å². The van der Waals surface area contributed by atoms with Gasteiger partial charge in [-0.05, 0) is 40.5 Å². The molecule has 4 heteroatoms. The van der Waals surface area contributed by atoms with Crippen molar-refractivity contribution in [2.45, 2.75) is 71.6 Å². The monoisotopic (exact) mass is 265 g/mol. The van der Waals surface area contributed by atoms with Gasteiger partial charge in [0.15, 0.2) is 0 Å². The van der Waals surface area contributed by atoms with Gasteiger partial charge in [0.1, 0.15) is 0 Å². The molecule has 1 aliphatic carbocycles. The molecule has 0 saturated heterocycles. The van der Waals surface area contributed by atoms with E-state index < -0.39 is 0 Å². The Labute approximate surface area is 116 Å². The van der Waals surface area contributed by atoms with E-state index in [9.17, 15) is 0 Å². The molecule has 0 aromatic carbocycles. The van der Waals surface area contributed by atoms with Crippen molar-refractivity contribution >= 4 is 5.95 Å². The second kappa shape index (κ2) is 5.95. The van der Waals surface area contributed by atoms with E-state index in [0.29, 0.717) is 6.04 Å². The molecular formula is C15H27N3O. The number of nitrogens with zero attached hydrogens (tertiary/aromatic N) is 2. The highest BCUT2D eigenvalue weighted by molar-refractivity contribution is 5.30. The zero-order valence-corrected chi connectivity index (χ0v) is 12.7. The third kappa shape index (κ3) is 3.96. The van der Waals surface area contributed by atoms with Crippen LogP contribution in [0.4, 0.5) is 5.95 Å². The Morgan fingerprint density at radius 3 is 2.74 bits per heavy atom. The van der Waals surface area contributed by atoms with Gasteiger partial charge >= 0.3 is 0 Å². The number of hydrogen-bond donors (Lipinski definition) is 1. The van der Waals surface area contributed by atoms with Gasteiger partial charge in [-0.25, -0.2) is 4.98 Å². The van der Waals surface area contributed by atoms with Crippen molar-refractivity contribution in [1.29, 1.82) is 0 Å². The summed E-state index contributed by atoms with van der Waals surface area (Å²) in [7, 11) is 0. The van der Waals surface area contributed by atoms with Gasteiger partial charge in [0.25, 0.3) is 0 Å². The number of hydrogen-bond acceptors (Lipinski definition) is 3. The summed E-state index contributed by atoms with van der Waals surface area (Å²) in [5.74, 6) is 0.997. The summed E-state index contributed by atoms with van der Waals surface area (Å²) in [5.41, 5.74) is 0.904. The summed E-state index contributed by atoms with van der Waals surface area (Å²) in [6.45, 7) is 9.92. The third-order valence-electron chi connectivity index (χ3n) is 3.67. The van der Waals surface area contributed by atoms with Gasteiger partial charge in [-0.2, -0.15) is 0 Å². The van der Waals surface area contributed by atoms with Crippen LogP contribution >= 0.6 is 0 Å². The van der Waals surface area contributed by atoms with E-state index in [1.54, 1.807) is 0 Å². The van der Waals surface area contributed by atoms with E-state index in [-0.39, 0.29) is 5.60 Å². The predicted molar refractivity (Wildman–Crippen MR) is 78.5 cm³/mol. The zero-order valence-electron chi connectivity index (χ0n) is 12.7. The van der Waals surface area contributed by atoms with Crippen LogP contribution in [-0.4, -0.2) is 27.8 Å². The first-order valence-corrected chi connectivity index (χ1v) is 7.44. The highest BCUT2D eigenvalue weighted by Gasteiger charge is 2.22. The van der Waals surface area contributed by atoms with Crippen LogP contribution in [0.5, 0.6) is 0 Å². The molecule has 1 N–H and O–H groups in total. The molecule has 1 saturated carbocycles. The Morgan fingerprint density at radius 1 is 1.42 bits per heavy atom. The molecule has 1 aromatic heterocycles. The van der Waals surface area contributed by atoms with Crippen LogP contribution in [-0.2, 0) is 11.3 Å². The number of rotatable bonds is 6. The summed E-state index contributed by atoms with van der Waals surface area (Å²) < 4.78 is 7.99. The number of nitrogens with one attached hydrogen (secondary N) is 1. The molecule has 0 aliphatic heterocycles. The van der Waals surface area contributed by atoms with Crippen molar-refractivity contribution in [2.75, 3.05) is 11.9 Å². The number of ether oxygens (including phenoxy) is 1. The van der Waals surface area contributed by atoms with Crippen LogP contribution in [0.25, 0.3) is 0 Å². The SMILES string of the molecule is CCOC(C)(C)Cn1cc(C)nc1NC1CCCC1.